The zero-order valence-electron chi connectivity index (χ0n) is 46.6. The number of likely N-dealkylation sites (tertiary alicyclic amines) is 1. The molecule has 1 amide bonds. The molecule has 4 aliphatic heterocycles. The third-order valence-electron chi connectivity index (χ3n) is 14.7. The van der Waals surface area contributed by atoms with E-state index in [2.05, 4.69) is 20.9 Å². The van der Waals surface area contributed by atoms with E-state index in [0.29, 0.717) is 91.4 Å². The number of carboxylic acid groups (broad SMARTS) is 1. The van der Waals surface area contributed by atoms with Gasteiger partial charge in [-0.1, -0.05) is 13.8 Å². The summed E-state index contributed by atoms with van der Waals surface area (Å²) in [5, 5.41) is 40.5. The first kappa shape index (κ1) is 71.2. The number of anilines is 4. The van der Waals surface area contributed by atoms with Gasteiger partial charge in [0.2, 0.25) is 5.91 Å². The van der Waals surface area contributed by atoms with Crippen LogP contribution in [0.25, 0.3) is 0 Å². The third-order valence-corrected chi connectivity index (χ3v) is 14.7. The van der Waals surface area contributed by atoms with Crippen molar-refractivity contribution in [2.45, 2.75) is 76.3 Å². The quantitative estimate of drug-likeness (QED) is 0.0721. The minimum Gasteiger partial charge on any atom is -1.00 e. The van der Waals surface area contributed by atoms with Crippen LogP contribution in [-0.4, -0.2) is 140 Å². The zero-order valence-corrected chi connectivity index (χ0v) is 47.4. The molecule has 464 valence electrons. The Morgan fingerprint density at radius 2 is 0.894 bits per heavy atom. The number of alkyl halides is 12. The fraction of sp³-hybridized carbons (Fsp3) is 0.519. The van der Waals surface area contributed by atoms with Crippen molar-refractivity contribution < 1.29 is 114 Å². The predicted molar refractivity (Wildman–Crippen MR) is 281 cm³/mol. The van der Waals surface area contributed by atoms with Crippen LogP contribution in [0.1, 0.15) is 61.8 Å². The van der Waals surface area contributed by atoms with E-state index in [-0.39, 0.29) is 66.6 Å². The Hall–Kier alpha value is -6.25. The molecule has 17 nitrogen and oxygen atoms in total. The van der Waals surface area contributed by atoms with Crippen LogP contribution in [0.3, 0.4) is 0 Å². The fourth-order valence-corrected chi connectivity index (χ4v) is 10.1. The van der Waals surface area contributed by atoms with Gasteiger partial charge in [0.25, 0.3) is 11.4 Å². The fourth-order valence-electron chi connectivity index (χ4n) is 10.1. The number of halogens is 13. The maximum Gasteiger partial charge on any atom is 1.00 e. The maximum absolute atomic E-state index is 13.3. The van der Waals surface area contributed by atoms with E-state index in [1.165, 1.54) is 36.4 Å². The summed E-state index contributed by atoms with van der Waals surface area (Å²) >= 11 is 0. The molecular formula is C54H64ClF12LiN10O7. The van der Waals surface area contributed by atoms with Crippen molar-refractivity contribution in [3.8, 4) is 0 Å². The molecule has 8 rings (SSSR count). The Bertz CT molecular complexity index is 2810. The summed E-state index contributed by atoms with van der Waals surface area (Å²) in [6, 6.07) is 16.0. The summed E-state index contributed by atoms with van der Waals surface area (Å²) in [6.45, 7) is 12.4. The molecular weight excluding hydrogens is 1170 g/mol. The molecule has 0 spiro atoms. The molecule has 4 aromatic carbocycles. The van der Waals surface area contributed by atoms with Gasteiger partial charge >= 0.3 is 43.6 Å². The molecule has 4 aromatic rings. The zero-order chi connectivity index (χ0) is 61.0. The summed E-state index contributed by atoms with van der Waals surface area (Å²) in [6.07, 6.45) is -15.5. The number of piperazine rings is 2. The molecule has 0 aromatic heterocycles. The number of aliphatic carboxylic acids is 1. The monoisotopic (exact) mass is 1230 g/mol. The molecule has 85 heavy (non-hydrogen) atoms. The van der Waals surface area contributed by atoms with E-state index in [9.17, 15) is 87.6 Å². The van der Waals surface area contributed by atoms with Gasteiger partial charge in [-0.15, -0.1) is 0 Å². The van der Waals surface area contributed by atoms with Crippen molar-refractivity contribution >= 4 is 46.0 Å². The smallest absolute Gasteiger partial charge is 1.00 e. The summed E-state index contributed by atoms with van der Waals surface area (Å²) in [5.41, 5.74) is -3.90. The number of quaternary nitrogens is 1. The van der Waals surface area contributed by atoms with Gasteiger partial charge in [-0.25, -0.2) is 0 Å². The number of carbonyl (C=O) groups is 2. The first-order chi connectivity index (χ1) is 38.9. The van der Waals surface area contributed by atoms with Crippen LogP contribution in [0.15, 0.2) is 84.9 Å². The van der Waals surface area contributed by atoms with Crippen LogP contribution < -0.4 is 62.1 Å². The Labute approximate surface area is 500 Å². The van der Waals surface area contributed by atoms with E-state index in [4.69, 9.17) is 0 Å². The standard InChI is InChI=1S/C27H31F6N5O3.C15H19F3N2O2.C12H14F3N3O2.ClH.Li/c1-18(17-35-12-14-36(15-13-35)22-5-2-19(3-6-22)26(28,29)30)25(39)37-10-8-20(9-11-37)34-21-4-7-24(38(40)41)23(16-21)27(31,32)33;1-11(14(21)22)10-19-6-8-20(9-7-19)13-4-2-12(3-5-13)15(16,17)18;13-12(14,15)10-7-9(1-2-11(10)18(19)20)17-8-3-5-16-6-4-8;;/h2-7,16,18,20,34H,8-15,17H2,1H3;2-5,11H,6-10H2,1H3,(H,21,22);1-2,7-8,16-17H,3-6H2;1H;/q;;;;+1/p-1. The largest absolute Gasteiger partial charge is 1.00 e. The number of piperidine rings is 2. The molecule has 0 saturated carbocycles. The van der Waals surface area contributed by atoms with Crippen LogP contribution >= 0.6 is 0 Å². The summed E-state index contributed by atoms with van der Waals surface area (Å²) in [7, 11) is 0. The Balaban J connectivity index is 0.000000297. The molecule has 31 heteroatoms. The Morgan fingerprint density at radius 1 is 0.541 bits per heavy atom. The van der Waals surface area contributed by atoms with Crippen molar-refractivity contribution in [2.75, 3.05) is 112 Å². The summed E-state index contributed by atoms with van der Waals surface area (Å²) < 4.78 is 154. The Kier molecular flexibility index (Phi) is 25.9. The normalized spacial score (nSPS) is 17.6. The second-order valence-electron chi connectivity index (χ2n) is 20.8. The predicted octanol–water partition coefficient (Wildman–Crippen LogP) is 2.47. The number of hydrogen-bond acceptors (Lipinski definition) is 13. The van der Waals surface area contributed by atoms with Gasteiger partial charge in [-0.2, -0.15) is 52.7 Å². The van der Waals surface area contributed by atoms with E-state index in [1.54, 1.807) is 11.8 Å². The number of carbonyl (C=O) groups excluding carboxylic acids is 2. The van der Waals surface area contributed by atoms with Crippen molar-refractivity contribution in [2.24, 2.45) is 11.8 Å². The molecule has 0 bridgehead atoms. The number of nitro benzene ring substituents is 2. The first-order valence-electron chi connectivity index (χ1n) is 26.7. The second-order valence-corrected chi connectivity index (χ2v) is 20.8. The molecule has 2 unspecified atom stereocenters. The van der Waals surface area contributed by atoms with Crippen LogP contribution in [0.2, 0.25) is 0 Å². The molecule has 4 aliphatic rings. The number of rotatable bonds is 14. The van der Waals surface area contributed by atoms with Crippen molar-refractivity contribution in [1.82, 2.24) is 14.7 Å². The number of nitrogens with zero attached hydrogens (tertiary/aromatic N) is 7. The van der Waals surface area contributed by atoms with E-state index in [1.807, 2.05) is 21.6 Å². The van der Waals surface area contributed by atoms with Gasteiger partial charge in [0, 0.05) is 156 Å². The molecule has 0 aliphatic carbocycles. The maximum atomic E-state index is 13.3. The van der Waals surface area contributed by atoms with Crippen LogP contribution in [0, 0.1) is 32.1 Å². The molecule has 0 radical (unpaired) electrons. The molecule has 4 saturated heterocycles. The molecule has 2 atom stereocenters. The number of hydrogen-bond donors (Lipinski definition) is 3. The number of benzene rings is 4. The van der Waals surface area contributed by atoms with Gasteiger partial charge in [-0.05, 0) is 85.6 Å². The van der Waals surface area contributed by atoms with Gasteiger partial charge in [0.05, 0.1) is 34.1 Å². The summed E-state index contributed by atoms with van der Waals surface area (Å²) in [5.74, 6) is -1.88. The van der Waals surface area contributed by atoms with Gasteiger partial charge in [0.1, 0.15) is 11.1 Å². The van der Waals surface area contributed by atoms with E-state index in [0.717, 1.165) is 85.8 Å². The summed E-state index contributed by atoms with van der Waals surface area (Å²) in [4.78, 5) is 53.3. The number of nitrogens with two attached hydrogens (primary N) is 1. The SMILES string of the molecule is CC(CN1CCN(c2ccc(C(F)(F)F)cc2)CC1)C(=O)N1CCC(Nc2ccc([N+](=O)[O-])c(C(F)(F)F)c2)CC1.CC(CN1CCN(c2ccc(C(F)(F)F)cc2)CC1)C(=O)[O-].O=[N+]([O-])c1ccc(NC2CC[NH2+]CC2)cc1C(F)(F)F.[Cl-].[Li+]. The molecule has 4 N–H and O–H groups in total. The number of carboxylic acids is 1. The minimum absolute atomic E-state index is 0. The van der Waals surface area contributed by atoms with Crippen molar-refractivity contribution in [3.63, 3.8) is 0 Å². The number of amides is 1. The third kappa shape index (κ3) is 21.0. The Morgan fingerprint density at radius 3 is 1.22 bits per heavy atom. The van der Waals surface area contributed by atoms with E-state index >= 15 is 0 Å². The number of nitro groups is 2. The minimum atomic E-state index is -4.86. The van der Waals surface area contributed by atoms with Crippen LogP contribution in [0.5, 0.6) is 0 Å². The van der Waals surface area contributed by atoms with E-state index < -0.39 is 80.1 Å². The molecule has 4 fully saturated rings. The van der Waals surface area contributed by atoms with Gasteiger partial charge < -0.3 is 53.0 Å². The van der Waals surface area contributed by atoms with Crippen LogP contribution in [0.4, 0.5) is 86.8 Å². The average molecular weight is 1240 g/mol. The van der Waals surface area contributed by atoms with Crippen molar-refractivity contribution in [3.05, 3.63) is 127 Å². The van der Waals surface area contributed by atoms with Gasteiger partial charge in [0.15, 0.2) is 0 Å². The average Bonchev–Trinajstić information content (AvgIpc) is 3.62. The van der Waals surface area contributed by atoms with Crippen LogP contribution in [-0.2, 0) is 34.3 Å². The second kappa shape index (κ2) is 30.9. The number of nitrogens with one attached hydrogen (secondary N) is 2. The first-order valence-corrected chi connectivity index (χ1v) is 26.7. The van der Waals surface area contributed by atoms with Gasteiger partial charge in [-0.3, -0.25) is 34.8 Å². The molecule has 4 heterocycles. The topological polar surface area (TPSA) is 200 Å². The van der Waals surface area contributed by atoms with Crippen molar-refractivity contribution in [1.29, 1.82) is 0 Å².